The number of allylic oxidation sites excluding steroid dienone is 6. The standard InChI is InChI=1S/C37H22N2/c1-3-9-24-22(7-1)26-11-5-13-28-34-20(15-30(24)36(26)28)18-38-32(34)17-33-35-21(19-39-33)16-31-25-10-4-2-8-23(25)27-12-6-14-29(35)37(27)31/h1-15,17-19,29,39H,16H2/b32-17-. The number of H-pyrrole nitrogens is 1. The molecule has 5 aromatic carbocycles. The zero-order valence-electron chi connectivity index (χ0n) is 21.1. The van der Waals surface area contributed by atoms with Crippen molar-refractivity contribution in [3.63, 3.8) is 0 Å². The molecule has 1 unspecified atom stereocenters. The van der Waals surface area contributed by atoms with E-state index in [2.05, 4.69) is 114 Å². The van der Waals surface area contributed by atoms with E-state index in [0.717, 1.165) is 11.8 Å². The Morgan fingerprint density at radius 3 is 2.51 bits per heavy atom. The summed E-state index contributed by atoms with van der Waals surface area (Å²) in [6.45, 7) is 0. The fourth-order valence-electron chi connectivity index (χ4n) is 7.81. The molecule has 2 heteroatoms. The van der Waals surface area contributed by atoms with E-state index in [4.69, 9.17) is 4.98 Å². The monoisotopic (exact) mass is 494 g/mol. The highest BCUT2D eigenvalue weighted by Crippen LogP contribution is 2.54. The molecule has 0 radical (unpaired) electrons. The zero-order valence-corrected chi connectivity index (χ0v) is 21.1. The van der Waals surface area contributed by atoms with Gasteiger partial charge in [0.25, 0.3) is 0 Å². The van der Waals surface area contributed by atoms with Crippen LogP contribution in [-0.2, 0) is 6.42 Å². The Kier molecular flexibility index (Phi) is 3.56. The number of rotatable bonds is 1. The molecule has 39 heavy (non-hydrogen) atoms. The van der Waals surface area contributed by atoms with Gasteiger partial charge >= 0.3 is 0 Å². The Hall–Kier alpha value is -4.95. The Morgan fingerprint density at radius 2 is 1.59 bits per heavy atom. The Balaban J connectivity index is 1.21. The number of hydrogen-bond donors (Lipinski definition) is 1. The lowest BCUT2D eigenvalue weighted by Crippen LogP contribution is -2.12. The SMILES string of the molecule is C1=CC2C3=C(Cc4c[nH]c(/C=c5\ncc6cc7c8ccccc8c8cccc(c56)c87)c42)c2ccccc2C3=C1. The molecular formula is C37H22N2. The number of hydrogen-bond acceptors (Lipinski definition) is 1. The van der Waals surface area contributed by atoms with E-state index in [1.807, 2.05) is 0 Å². The van der Waals surface area contributed by atoms with Gasteiger partial charge in [0.15, 0.2) is 0 Å². The molecule has 10 rings (SSSR count). The van der Waals surface area contributed by atoms with E-state index in [-0.39, 0.29) is 5.92 Å². The van der Waals surface area contributed by atoms with E-state index in [1.165, 1.54) is 87.8 Å². The molecule has 1 atom stereocenters. The Labute approximate surface area is 224 Å². The molecule has 1 N–H and O–H groups in total. The summed E-state index contributed by atoms with van der Waals surface area (Å²) in [5.41, 5.74) is 11.1. The average Bonchev–Trinajstić information content (AvgIpc) is 3.74. The molecule has 0 saturated heterocycles. The second-order valence-corrected chi connectivity index (χ2v) is 11.1. The normalized spacial score (nSPS) is 18.0. The first-order chi connectivity index (χ1) is 19.3. The lowest BCUT2D eigenvalue weighted by Gasteiger charge is -2.27. The number of aromatic amines is 1. The van der Waals surface area contributed by atoms with Crippen molar-refractivity contribution in [2.45, 2.75) is 12.3 Å². The van der Waals surface area contributed by atoms with Crippen molar-refractivity contribution >= 4 is 60.3 Å². The largest absolute Gasteiger partial charge is 0.361 e. The minimum absolute atomic E-state index is 0.265. The van der Waals surface area contributed by atoms with Crippen molar-refractivity contribution < 1.29 is 0 Å². The summed E-state index contributed by atoms with van der Waals surface area (Å²) < 4.78 is 0. The maximum atomic E-state index is 4.98. The number of nitrogens with zero attached hydrogens (tertiary/aromatic N) is 1. The first kappa shape index (κ1) is 20.1. The van der Waals surface area contributed by atoms with Crippen molar-refractivity contribution in [2.24, 2.45) is 0 Å². The summed E-state index contributed by atoms with van der Waals surface area (Å²) in [6, 6.07) is 26.7. The van der Waals surface area contributed by atoms with Gasteiger partial charge in [-0.3, -0.25) is 4.98 Å². The molecule has 0 fully saturated rings. The van der Waals surface area contributed by atoms with Gasteiger partial charge in [0.2, 0.25) is 0 Å². The maximum Gasteiger partial charge on any atom is 0.0735 e. The fraction of sp³-hybridized carbons (Fsp3) is 0.0541. The quantitative estimate of drug-likeness (QED) is 0.246. The third-order valence-corrected chi connectivity index (χ3v) is 9.33. The van der Waals surface area contributed by atoms with Gasteiger partial charge in [-0.1, -0.05) is 85.0 Å². The van der Waals surface area contributed by atoms with E-state index in [9.17, 15) is 0 Å². The van der Waals surface area contributed by atoms with Crippen LogP contribution < -0.4 is 5.35 Å². The van der Waals surface area contributed by atoms with Crippen molar-refractivity contribution in [3.8, 4) is 0 Å². The Morgan fingerprint density at radius 1 is 0.795 bits per heavy atom. The molecule has 0 aliphatic heterocycles. The fourth-order valence-corrected chi connectivity index (χ4v) is 7.81. The van der Waals surface area contributed by atoms with Gasteiger partial charge in [-0.05, 0) is 83.4 Å². The smallest absolute Gasteiger partial charge is 0.0735 e. The number of nitrogens with one attached hydrogen (secondary N) is 1. The van der Waals surface area contributed by atoms with Crippen molar-refractivity contribution in [1.82, 2.24) is 9.97 Å². The minimum atomic E-state index is 0.265. The topological polar surface area (TPSA) is 28.7 Å². The molecule has 3 aliphatic carbocycles. The number of fused-ring (bicyclic) bond motifs is 10. The summed E-state index contributed by atoms with van der Waals surface area (Å²) in [6.07, 6.45) is 14.4. The van der Waals surface area contributed by atoms with E-state index in [1.54, 1.807) is 0 Å². The summed E-state index contributed by atoms with van der Waals surface area (Å²) >= 11 is 0. The van der Waals surface area contributed by atoms with Crippen LogP contribution in [0.3, 0.4) is 0 Å². The first-order valence-electron chi connectivity index (χ1n) is 13.7. The molecular weight excluding hydrogens is 472 g/mol. The second kappa shape index (κ2) is 6.92. The van der Waals surface area contributed by atoms with Gasteiger partial charge in [0.05, 0.1) is 5.35 Å². The van der Waals surface area contributed by atoms with E-state index in [0.29, 0.717) is 0 Å². The summed E-state index contributed by atoms with van der Waals surface area (Å²) in [7, 11) is 0. The molecule has 0 spiro atoms. The molecule has 2 aromatic heterocycles. The highest BCUT2D eigenvalue weighted by molar-refractivity contribution is 6.34. The molecule has 180 valence electrons. The van der Waals surface area contributed by atoms with Gasteiger partial charge in [-0.2, -0.15) is 0 Å². The van der Waals surface area contributed by atoms with Crippen LogP contribution in [0.1, 0.15) is 33.9 Å². The Bertz CT molecular complexity index is 2360. The minimum Gasteiger partial charge on any atom is -0.361 e. The van der Waals surface area contributed by atoms with Crippen LogP contribution in [0.25, 0.3) is 60.3 Å². The van der Waals surface area contributed by atoms with Gasteiger partial charge in [-0.15, -0.1) is 0 Å². The third-order valence-electron chi connectivity index (χ3n) is 9.33. The van der Waals surface area contributed by atoms with E-state index >= 15 is 0 Å². The highest BCUT2D eigenvalue weighted by Gasteiger charge is 2.37. The molecule has 0 bridgehead atoms. The average molecular weight is 495 g/mol. The van der Waals surface area contributed by atoms with Crippen molar-refractivity contribution in [3.05, 3.63) is 142 Å². The van der Waals surface area contributed by atoms with Gasteiger partial charge in [0.1, 0.15) is 0 Å². The predicted octanol–water partition coefficient (Wildman–Crippen LogP) is 8.07. The molecule has 0 amide bonds. The molecule has 3 aliphatic rings. The van der Waals surface area contributed by atoms with E-state index < -0.39 is 0 Å². The lowest BCUT2D eigenvalue weighted by molar-refractivity contribution is 0.972. The second-order valence-electron chi connectivity index (χ2n) is 11.1. The molecule has 2 heterocycles. The first-order valence-corrected chi connectivity index (χ1v) is 13.7. The molecule has 0 saturated carbocycles. The van der Waals surface area contributed by atoms with Crippen LogP contribution in [0.15, 0.2) is 109 Å². The van der Waals surface area contributed by atoms with Crippen LogP contribution in [0.4, 0.5) is 0 Å². The number of aromatic nitrogens is 2. The van der Waals surface area contributed by atoms with Crippen LogP contribution >= 0.6 is 0 Å². The third kappa shape index (κ3) is 2.41. The summed E-state index contributed by atoms with van der Waals surface area (Å²) in [5.74, 6) is 0.265. The van der Waals surface area contributed by atoms with Crippen LogP contribution in [0.2, 0.25) is 0 Å². The van der Waals surface area contributed by atoms with Crippen molar-refractivity contribution in [1.29, 1.82) is 0 Å². The summed E-state index contributed by atoms with van der Waals surface area (Å²) in [4.78, 5) is 8.64. The van der Waals surface area contributed by atoms with Gasteiger partial charge in [-0.25, -0.2) is 0 Å². The molecule has 7 aromatic rings. The highest BCUT2D eigenvalue weighted by atomic mass is 14.7. The van der Waals surface area contributed by atoms with Crippen LogP contribution in [0.5, 0.6) is 0 Å². The molecule has 2 nitrogen and oxygen atoms in total. The summed E-state index contributed by atoms with van der Waals surface area (Å²) in [5, 5.41) is 11.4. The zero-order chi connectivity index (χ0) is 25.2. The van der Waals surface area contributed by atoms with Crippen molar-refractivity contribution in [2.75, 3.05) is 0 Å². The van der Waals surface area contributed by atoms with Crippen LogP contribution in [-0.4, -0.2) is 9.97 Å². The van der Waals surface area contributed by atoms with Crippen LogP contribution in [0, 0.1) is 0 Å². The van der Waals surface area contributed by atoms with Gasteiger partial charge in [0, 0.05) is 41.2 Å². The maximum absolute atomic E-state index is 4.98. The predicted molar refractivity (Wildman–Crippen MR) is 162 cm³/mol. The lowest BCUT2D eigenvalue weighted by atomic mass is 9.76. The van der Waals surface area contributed by atoms with Gasteiger partial charge < -0.3 is 4.98 Å². The number of benzene rings is 4.